The molecule has 1 amide bonds. The lowest BCUT2D eigenvalue weighted by molar-refractivity contribution is -0.0365. The Morgan fingerprint density at radius 2 is 1.93 bits per heavy atom. The number of hydrogen-bond donors (Lipinski definition) is 0. The second kappa shape index (κ2) is 12.1. The first-order valence-electron chi connectivity index (χ1n) is 11.2. The molecule has 4 rings (SSSR count). The molecule has 2 unspecified atom stereocenters. The van der Waals surface area contributed by atoms with E-state index in [9.17, 15) is 4.79 Å². The molecule has 0 spiro atoms. The molecule has 2 fully saturated rings. The highest BCUT2D eigenvalue weighted by Crippen LogP contribution is 2.34. The number of amides is 1. The Kier molecular flexibility index (Phi) is 9.85. The van der Waals surface area contributed by atoms with Gasteiger partial charge in [-0.25, -0.2) is 14.5 Å². The minimum absolute atomic E-state index is 0.108. The molecule has 2 atom stereocenters. The molecule has 2 aromatic rings. The maximum Gasteiger partial charge on any atom is 0.416 e. The first-order chi connectivity index (χ1) is 14.6. The average molecular weight is 439 g/mol. The summed E-state index contributed by atoms with van der Waals surface area (Å²) in [6, 6.07) is 1.77. The zero-order chi connectivity index (χ0) is 22.1. The molecule has 8 heteroatoms. The summed E-state index contributed by atoms with van der Waals surface area (Å²) in [6.45, 7) is 11.6. The van der Waals surface area contributed by atoms with E-state index in [1.54, 1.807) is 17.2 Å². The van der Waals surface area contributed by atoms with Crippen LogP contribution in [-0.2, 0) is 9.47 Å². The van der Waals surface area contributed by atoms with Crippen molar-refractivity contribution < 1.29 is 14.3 Å². The number of hydrogen-bond acceptors (Lipinski definition) is 5. The normalized spacial score (nSPS) is 20.9. The molecule has 0 N–H and O–H groups in total. The van der Waals surface area contributed by atoms with Crippen molar-refractivity contribution in [2.45, 2.75) is 85.5 Å². The first kappa shape index (κ1) is 24.4. The highest BCUT2D eigenvalue weighted by molar-refractivity contribution is 6.30. The van der Waals surface area contributed by atoms with E-state index in [1.165, 1.54) is 12.8 Å². The lowest BCUT2D eigenvalue weighted by Gasteiger charge is -2.23. The number of halogens is 1. The van der Waals surface area contributed by atoms with Gasteiger partial charge in [-0.3, -0.25) is 4.90 Å². The van der Waals surface area contributed by atoms with Gasteiger partial charge in [-0.15, -0.1) is 0 Å². The molecule has 2 aliphatic rings. The number of anilines is 1. The number of aromatic nitrogens is 3. The molecule has 2 aromatic heterocycles. The van der Waals surface area contributed by atoms with E-state index < -0.39 is 0 Å². The minimum atomic E-state index is -0.368. The van der Waals surface area contributed by atoms with Crippen molar-refractivity contribution in [3.05, 3.63) is 17.4 Å². The zero-order valence-electron chi connectivity index (χ0n) is 18.9. The standard InChI is InChI=1S/C16H19ClN4O3.C4H10.C2H6/c1-2-10-9-20(16(22)24-10)15-11-8-18-13(17)7-12(11)21(19-15)14-5-3-4-6-23-14;1-3-4-2;1-2/h7-8,10,14H,2-6,9H2,1H3;3-4H2,1-2H3;1-2H3. The van der Waals surface area contributed by atoms with Gasteiger partial charge in [0.15, 0.2) is 12.0 Å². The van der Waals surface area contributed by atoms with Crippen LogP contribution < -0.4 is 4.90 Å². The van der Waals surface area contributed by atoms with E-state index in [1.807, 2.05) is 25.5 Å². The Balaban J connectivity index is 0.000000481. The third-order valence-corrected chi connectivity index (χ3v) is 5.26. The molecule has 30 heavy (non-hydrogen) atoms. The van der Waals surface area contributed by atoms with Crippen molar-refractivity contribution in [1.29, 1.82) is 0 Å². The highest BCUT2D eigenvalue weighted by Gasteiger charge is 2.35. The van der Waals surface area contributed by atoms with Crippen molar-refractivity contribution in [2.75, 3.05) is 18.1 Å². The topological polar surface area (TPSA) is 69.5 Å². The summed E-state index contributed by atoms with van der Waals surface area (Å²) < 4.78 is 13.0. The van der Waals surface area contributed by atoms with Gasteiger partial charge in [-0.1, -0.05) is 59.1 Å². The predicted molar refractivity (Wildman–Crippen MR) is 121 cm³/mol. The van der Waals surface area contributed by atoms with Crippen LogP contribution in [0, 0.1) is 0 Å². The maximum atomic E-state index is 12.2. The lowest BCUT2D eigenvalue weighted by Crippen LogP contribution is -2.26. The van der Waals surface area contributed by atoms with Gasteiger partial charge in [0.25, 0.3) is 0 Å². The van der Waals surface area contributed by atoms with Gasteiger partial charge in [0.2, 0.25) is 0 Å². The SMILES string of the molecule is CC.CCC1CN(c2nn(C3CCCCO3)c3cc(Cl)ncc23)C(=O)O1.CCCC. The molecule has 168 valence electrons. The van der Waals surface area contributed by atoms with Crippen LogP contribution in [0.2, 0.25) is 5.15 Å². The number of carbonyl (C=O) groups excluding carboxylic acids is 1. The molecule has 0 aromatic carbocycles. The zero-order valence-corrected chi connectivity index (χ0v) is 19.6. The van der Waals surface area contributed by atoms with Gasteiger partial charge in [0, 0.05) is 18.9 Å². The van der Waals surface area contributed by atoms with Gasteiger partial charge in [-0.2, -0.15) is 5.10 Å². The number of rotatable bonds is 4. The van der Waals surface area contributed by atoms with Gasteiger partial charge in [-0.05, 0) is 25.7 Å². The molecule has 0 aliphatic carbocycles. The number of cyclic esters (lactones) is 1. The molecule has 2 saturated heterocycles. The monoisotopic (exact) mass is 438 g/mol. The van der Waals surface area contributed by atoms with Gasteiger partial charge in [0.1, 0.15) is 11.3 Å². The number of pyridine rings is 1. The van der Waals surface area contributed by atoms with Crippen LogP contribution in [-0.4, -0.2) is 40.1 Å². The summed E-state index contributed by atoms with van der Waals surface area (Å²) in [6.07, 6.45) is 7.48. The van der Waals surface area contributed by atoms with Gasteiger partial charge in [0.05, 0.1) is 17.4 Å². The second-order valence-corrected chi connectivity index (χ2v) is 7.53. The van der Waals surface area contributed by atoms with Crippen LogP contribution in [0.15, 0.2) is 12.3 Å². The molecule has 0 bridgehead atoms. The minimum Gasteiger partial charge on any atom is -0.444 e. The van der Waals surface area contributed by atoms with Crippen molar-refractivity contribution in [1.82, 2.24) is 14.8 Å². The molecular formula is C22H35ClN4O3. The highest BCUT2D eigenvalue weighted by atomic mass is 35.5. The number of unbranched alkanes of at least 4 members (excludes halogenated alkanes) is 1. The fraction of sp³-hybridized carbons (Fsp3) is 0.682. The second-order valence-electron chi connectivity index (χ2n) is 7.14. The van der Waals surface area contributed by atoms with Crippen LogP contribution in [0.3, 0.4) is 0 Å². The van der Waals surface area contributed by atoms with E-state index in [0.717, 1.165) is 36.6 Å². The van der Waals surface area contributed by atoms with Crippen LogP contribution in [0.5, 0.6) is 0 Å². The largest absolute Gasteiger partial charge is 0.444 e. The number of ether oxygens (including phenoxy) is 2. The Labute approximate surface area is 184 Å². The van der Waals surface area contributed by atoms with Crippen LogP contribution in [0.1, 0.15) is 79.4 Å². The van der Waals surface area contributed by atoms with Crippen molar-refractivity contribution in [3.8, 4) is 0 Å². The van der Waals surface area contributed by atoms with E-state index >= 15 is 0 Å². The third kappa shape index (κ3) is 5.64. The lowest BCUT2D eigenvalue weighted by atomic mass is 10.2. The van der Waals surface area contributed by atoms with Crippen molar-refractivity contribution in [3.63, 3.8) is 0 Å². The van der Waals surface area contributed by atoms with Crippen LogP contribution in [0.25, 0.3) is 10.9 Å². The van der Waals surface area contributed by atoms with Crippen LogP contribution >= 0.6 is 11.6 Å². The number of carbonyl (C=O) groups is 1. The van der Waals surface area contributed by atoms with E-state index in [2.05, 4.69) is 23.9 Å². The Bertz CT molecular complexity index is 803. The van der Waals surface area contributed by atoms with E-state index in [0.29, 0.717) is 24.1 Å². The number of nitrogens with zero attached hydrogens (tertiary/aromatic N) is 4. The third-order valence-electron chi connectivity index (χ3n) is 5.05. The smallest absolute Gasteiger partial charge is 0.416 e. The Morgan fingerprint density at radius 3 is 2.50 bits per heavy atom. The fourth-order valence-electron chi connectivity index (χ4n) is 3.23. The fourth-order valence-corrected chi connectivity index (χ4v) is 3.39. The molecule has 0 radical (unpaired) electrons. The molecule has 7 nitrogen and oxygen atoms in total. The Morgan fingerprint density at radius 1 is 1.20 bits per heavy atom. The van der Waals surface area contributed by atoms with Crippen LogP contribution in [0.4, 0.5) is 10.6 Å². The van der Waals surface area contributed by atoms with Crippen molar-refractivity contribution >= 4 is 34.4 Å². The number of fused-ring (bicyclic) bond motifs is 1. The molecule has 4 heterocycles. The summed E-state index contributed by atoms with van der Waals surface area (Å²) >= 11 is 6.07. The van der Waals surface area contributed by atoms with E-state index in [4.69, 9.17) is 21.1 Å². The summed E-state index contributed by atoms with van der Waals surface area (Å²) in [5.41, 5.74) is 0.824. The van der Waals surface area contributed by atoms with Crippen molar-refractivity contribution in [2.24, 2.45) is 0 Å². The molecular weight excluding hydrogens is 404 g/mol. The average Bonchev–Trinajstić information content (AvgIpc) is 3.35. The summed E-state index contributed by atoms with van der Waals surface area (Å²) in [5, 5.41) is 5.84. The van der Waals surface area contributed by atoms with E-state index in [-0.39, 0.29) is 18.4 Å². The molecule has 0 saturated carbocycles. The maximum absolute atomic E-state index is 12.2. The predicted octanol–water partition coefficient (Wildman–Crippen LogP) is 6.35. The summed E-state index contributed by atoms with van der Waals surface area (Å²) in [4.78, 5) is 17.9. The van der Waals surface area contributed by atoms with Gasteiger partial charge >= 0.3 is 6.09 Å². The Hall–Kier alpha value is -1.86. The van der Waals surface area contributed by atoms with Gasteiger partial charge < -0.3 is 9.47 Å². The summed E-state index contributed by atoms with van der Waals surface area (Å²) in [7, 11) is 0. The molecule has 2 aliphatic heterocycles. The summed E-state index contributed by atoms with van der Waals surface area (Å²) in [5.74, 6) is 0.560. The quantitative estimate of drug-likeness (QED) is 0.520. The first-order valence-corrected chi connectivity index (χ1v) is 11.6.